The fourth-order valence-electron chi connectivity index (χ4n) is 0.885. The number of terminal acetylenes is 1. The molecular weight excluding hydrogens is 285 g/mol. The van der Waals surface area contributed by atoms with Gasteiger partial charge in [-0.15, -0.1) is 18.2 Å². The van der Waals surface area contributed by atoms with Crippen LogP contribution < -0.4 is 10.6 Å². The number of hydrogen-bond acceptors (Lipinski definition) is 3. The molecule has 3 N–H and O–H groups in total. The SMILES string of the molecule is C#CCSCCNC(=O)NC(C)(C(=O)O)C(F)(F)F. The Bertz CT molecular complexity index is 381. The number of alkyl halides is 3. The molecule has 0 spiro atoms. The first-order valence-electron chi connectivity index (χ1n) is 5.02. The van der Waals surface area contributed by atoms with Crippen molar-refractivity contribution in [3.05, 3.63) is 0 Å². The third-order valence-corrected chi connectivity index (χ3v) is 2.94. The highest BCUT2D eigenvalue weighted by Gasteiger charge is 2.58. The number of amides is 2. The third kappa shape index (κ3) is 5.30. The molecule has 9 heteroatoms. The number of carbonyl (C=O) groups excluding carboxylic acids is 1. The summed E-state index contributed by atoms with van der Waals surface area (Å²) in [5, 5.41) is 12.1. The van der Waals surface area contributed by atoms with E-state index in [4.69, 9.17) is 11.5 Å². The number of rotatable bonds is 6. The van der Waals surface area contributed by atoms with Crippen LogP contribution in [-0.4, -0.2) is 46.9 Å². The zero-order valence-corrected chi connectivity index (χ0v) is 10.8. The molecule has 0 fully saturated rings. The first-order chi connectivity index (χ1) is 8.65. The average molecular weight is 298 g/mol. The first kappa shape index (κ1) is 17.4. The van der Waals surface area contributed by atoms with Gasteiger partial charge in [0.2, 0.25) is 5.54 Å². The largest absolute Gasteiger partial charge is 0.479 e. The van der Waals surface area contributed by atoms with Gasteiger partial charge in [0.05, 0.1) is 5.75 Å². The summed E-state index contributed by atoms with van der Waals surface area (Å²) >= 11 is 1.31. The summed E-state index contributed by atoms with van der Waals surface area (Å²) in [6.07, 6.45) is -0.129. The molecule has 0 aliphatic heterocycles. The molecule has 0 aliphatic carbocycles. The Kier molecular flexibility index (Phi) is 6.55. The van der Waals surface area contributed by atoms with Crippen molar-refractivity contribution < 1.29 is 27.9 Å². The summed E-state index contributed by atoms with van der Waals surface area (Å²) in [5.74, 6) is 0.979. The number of carbonyl (C=O) groups is 2. The van der Waals surface area contributed by atoms with E-state index in [2.05, 4.69) is 11.2 Å². The quantitative estimate of drug-likeness (QED) is 0.506. The van der Waals surface area contributed by atoms with Gasteiger partial charge in [-0.25, -0.2) is 9.59 Å². The number of halogens is 3. The van der Waals surface area contributed by atoms with Gasteiger partial charge < -0.3 is 15.7 Å². The molecule has 0 aromatic heterocycles. The Hall–Kier alpha value is -1.56. The Balaban J connectivity index is 4.36. The third-order valence-electron chi connectivity index (χ3n) is 2.08. The molecule has 5 nitrogen and oxygen atoms in total. The molecular formula is C10H13F3N2O3S. The van der Waals surface area contributed by atoms with Gasteiger partial charge in [-0.3, -0.25) is 0 Å². The van der Waals surface area contributed by atoms with Crippen molar-refractivity contribution >= 4 is 23.8 Å². The summed E-state index contributed by atoms with van der Waals surface area (Å²) in [6.45, 7) is 0.452. The lowest BCUT2D eigenvalue weighted by atomic mass is 10.0. The molecule has 0 rings (SSSR count). The topological polar surface area (TPSA) is 78.4 Å². The van der Waals surface area contributed by atoms with Crippen LogP contribution in [0.1, 0.15) is 6.92 Å². The van der Waals surface area contributed by atoms with Crippen molar-refractivity contribution in [3.63, 3.8) is 0 Å². The smallest absolute Gasteiger partial charge is 0.422 e. The zero-order valence-electron chi connectivity index (χ0n) is 10.0. The maximum atomic E-state index is 12.6. The number of urea groups is 1. The van der Waals surface area contributed by atoms with Crippen LogP contribution in [0.5, 0.6) is 0 Å². The molecule has 0 heterocycles. The van der Waals surface area contributed by atoms with E-state index in [1.807, 2.05) is 0 Å². The van der Waals surface area contributed by atoms with Crippen molar-refractivity contribution in [2.75, 3.05) is 18.1 Å². The van der Waals surface area contributed by atoms with E-state index >= 15 is 0 Å². The van der Waals surface area contributed by atoms with E-state index in [1.165, 1.54) is 17.1 Å². The predicted molar refractivity (Wildman–Crippen MR) is 64.8 cm³/mol. The molecule has 0 saturated carbocycles. The van der Waals surface area contributed by atoms with Crippen LogP contribution in [0, 0.1) is 12.3 Å². The number of thioether (sulfide) groups is 1. The Labute approximate surface area is 112 Å². The van der Waals surface area contributed by atoms with Gasteiger partial charge in [-0.05, 0) is 6.92 Å². The van der Waals surface area contributed by atoms with Crippen LogP contribution in [0.2, 0.25) is 0 Å². The molecule has 1 unspecified atom stereocenters. The minimum absolute atomic E-state index is 0.0751. The lowest BCUT2D eigenvalue weighted by Gasteiger charge is -2.28. The van der Waals surface area contributed by atoms with Crippen LogP contribution in [-0.2, 0) is 4.79 Å². The van der Waals surface area contributed by atoms with E-state index in [9.17, 15) is 22.8 Å². The van der Waals surface area contributed by atoms with Crippen LogP contribution in [0.4, 0.5) is 18.0 Å². The van der Waals surface area contributed by atoms with Gasteiger partial charge in [0.15, 0.2) is 0 Å². The fraction of sp³-hybridized carbons (Fsp3) is 0.600. The number of carboxylic acid groups (broad SMARTS) is 1. The highest BCUT2D eigenvalue weighted by molar-refractivity contribution is 7.99. The van der Waals surface area contributed by atoms with Gasteiger partial charge >= 0.3 is 18.2 Å². The summed E-state index contributed by atoms with van der Waals surface area (Å²) in [6, 6.07) is -1.21. The first-order valence-corrected chi connectivity index (χ1v) is 6.18. The summed E-state index contributed by atoms with van der Waals surface area (Å²) in [5.41, 5.74) is -3.33. The molecule has 0 aliphatic rings. The highest BCUT2D eigenvalue weighted by atomic mass is 32.2. The lowest BCUT2D eigenvalue weighted by molar-refractivity contribution is -0.203. The second kappa shape index (κ2) is 7.13. The molecule has 0 saturated heterocycles. The molecule has 2 amide bonds. The Morgan fingerprint density at radius 3 is 2.42 bits per heavy atom. The molecule has 19 heavy (non-hydrogen) atoms. The number of nitrogens with one attached hydrogen (secondary N) is 2. The van der Waals surface area contributed by atoms with Gasteiger partial charge in [0, 0.05) is 12.3 Å². The van der Waals surface area contributed by atoms with E-state index in [1.54, 1.807) is 0 Å². The zero-order chi connectivity index (χ0) is 15.1. The van der Waals surface area contributed by atoms with Crippen LogP contribution >= 0.6 is 11.8 Å². The minimum atomic E-state index is -5.10. The predicted octanol–water partition coefficient (Wildman–Crippen LogP) is 1.06. The maximum Gasteiger partial charge on any atom is 0.422 e. The summed E-state index contributed by atoms with van der Waals surface area (Å²) in [4.78, 5) is 21.8. The molecule has 0 aromatic carbocycles. The van der Waals surface area contributed by atoms with Crippen molar-refractivity contribution in [3.8, 4) is 12.3 Å². The maximum absolute atomic E-state index is 12.6. The summed E-state index contributed by atoms with van der Waals surface area (Å²) < 4.78 is 37.7. The van der Waals surface area contributed by atoms with Crippen LogP contribution in [0.15, 0.2) is 0 Å². The van der Waals surface area contributed by atoms with Crippen molar-refractivity contribution in [2.45, 2.75) is 18.6 Å². The molecule has 0 radical (unpaired) electrons. The van der Waals surface area contributed by atoms with Crippen molar-refractivity contribution in [2.24, 2.45) is 0 Å². The van der Waals surface area contributed by atoms with Crippen LogP contribution in [0.3, 0.4) is 0 Å². The van der Waals surface area contributed by atoms with Gasteiger partial charge in [0.1, 0.15) is 0 Å². The van der Waals surface area contributed by atoms with E-state index in [0.717, 1.165) is 0 Å². The number of hydrogen-bond donors (Lipinski definition) is 3. The van der Waals surface area contributed by atoms with Crippen LogP contribution in [0.25, 0.3) is 0 Å². The standard InChI is InChI=1S/C10H13F3N2O3S/c1-3-5-19-6-4-14-8(18)15-9(2,7(16)17)10(11,12)13/h1H,4-6H2,2H3,(H,16,17)(H2,14,15,18). The molecule has 0 aromatic rings. The van der Waals surface area contributed by atoms with E-state index < -0.39 is 23.7 Å². The van der Waals surface area contributed by atoms with Gasteiger partial charge in [-0.1, -0.05) is 5.92 Å². The van der Waals surface area contributed by atoms with Crippen molar-refractivity contribution in [1.82, 2.24) is 10.6 Å². The second-order valence-electron chi connectivity index (χ2n) is 3.57. The van der Waals surface area contributed by atoms with Gasteiger partial charge in [0.25, 0.3) is 0 Å². The average Bonchev–Trinajstić information content (AvgIpc) is 2.26. The second-order valence-corrected chi connectivity index (χ2v) is 4.67. The summed E-state index contributed by atoms with van der Waals surface area (Å²) in [7, 11) is 0. The highest BCUT2D eigenvalue weighted by Crippen LogP contribution is 2.30. The number of aliphatic carboxylic acids is 1. The fourth-order valence-corrected chi connectivity index (χ4v) is 1.39. The Morgan fingerprint density at radius 1 is 1.42 bits per heavy atom. The molecule has 108 valence electrons. The number of carboxylic acids is 1. The molecule has 0 bridgehead atoms. The normalized spacial score (nSPS) is 14.1. The Morgan fingerprint density at radius 2 is 2.00 bits per heavy atom. The van der Waals surface area contributed by atoms with Gasteiger partial charge in [-0.2, -0.15) is 13.2 Å². The van der Waals surface area contributed by atoms with E-state index in [-0.39, 0.29) is 6.54 Å². The minimum Gasteiger partial charge on any atom is -0.479 e. The molecule has 1 atom stereocenters. The lowest BCUT2D eigenvalue weighted by Crippen LogP contribution is -2.63. The van der Waals surface area contributed by atoms with Crippen molar-refractivity contribution in [1.29, 1.82) is 0 Å². The van der Waals surface area contributed by atoms with E-state index in [0.29, 0.717) is 18.4 Å². The monoisotopic (exact) mass is 298 g/mol.